The van der Waals surface area contributed by atoms with Crippen molar-refractivity contribution in [3.8, 4) is 17.2 Å². The molecule has 0 radical (unpaired) electrons. The van der Waals surface area contributed by atoms with E-state index in [1.807, 2.05) is 30.3 Å². The smallest absolute Gasteiger partial charge is 0.203 e. The van der Waals surface area contributed by atoms with Gasteiger partial charge >= 0.3 is 0 Å². The summed E-state index contributed by atoms with van der Waals surface area (Å²) < 4.78 is 15.5. The molecule has 0 aliphatic rings. The molecular weight excluding hydrogens is 282 g/mol. The molecule has 0 unspecified atom stereocenters. The number of aromatic nitrogens is 1. The SMILES string of the molecule is COc1cc(CN)cc(OC)c1OC.NCc1ccccn1. The molecule has 0 saturated carbocycles. The zero-order valence-electron chi connectivity index (χ0n) is 13.2. The summed E-state index contributed by atoms with van der Waals surface area (Å²) in [5, 5.41) is 0. The number of nitrogens with zero attached hydrogens (tertiary/aromatic N) is 1. The minimum absolute atomic E-state index is 0.441. The Morgan fingerprint density at radius 1 is 0.909 bits per heavy atom. The molecule has 6 heteroatoms. The van der Waals surface area contributed by atoms with Gasteiger partial charge < -0.3 is 25.7 Å². The number of pyridine rings is 1. The van der Waals surface area contributed by atoms with Crippen molar-refractivity contribution in [2.75, 3.05) is 21.3 Å². The van der Waals surface area contributed by atoms with Gasteiger partial charge in [0, 0.05) is 19.3 Å². The van der Waals surface area contributed by atoms with Gasteiger partial charge in [0.15, 0.2) is 11.5 Å². The standard InChI is InChI=1S/C10H15NO3.C6H8N2/c1-12-8-4-7(6-11)5-9(13-2)10(8)14-3;7-5-6-3-1-2-4-8-6/h4-5H,6,11H2,1-3H3;1-4H,5,7H2. The minimum Gasteiger partial charge on any atom is -0.493 e. The van der Waals surface area contributed by atoms with E-state index in [0.717, 1.165) is 11.3 Å². The molecule has 0 aliphatic carbocycles. The Morgan fingerprint density at radius 2 is 1.55 bits per heavy atom. The summed E-state index contributed by atoms with van der Waals surface area (Å²) in [5.74, 6) is 1.85. The van der Waals surface area contributed by atoms with Crippen molar-refractivity contribution in [2.45, 2.75) is 13.1 Å². The van der Waals surface area contributed by atoms with Gasteiger partial charge in [0.25, 0.3) is 0 Å². The Bertz CT molecular complexity index is 537. The average molecular weight is 305 g/mol. The monoisotopic (exact) mass is 305 g/mol. The molecule has 1 heterocycles. The molecule has 0 fully saturated rings. The second-order valence-electron chi connectivity index (χ2n) is 4.26. The van der Waals surface area contributed by atoms with Crippen LogP contribution < -0.4 is 25.7 Å². The number of rotatable bonds is 5. The fourth-order valence-corrected chi connectivity index (χ4v) is 1.77. The number of ether oxygens (including phenoxy) is 3. The molecule has 120 valence electrons. The molecule has 0 amide bonds. The largest absolute Gasteiger partial charge is 0.493 e. The van der Waals surface area contributed by atoms with E-state index in [0.29, 0.717) is 30.3 Å². The maximum atomic E-state index is 5.54. The average Bonchev–Trinajstić information content (AvgIpc) is 2.61. The van der Waals surface area contributed by atoms with E-state index in [2.05, 4.69) is 4.98 Å². The van der Waals surface area contributed by atoms with Gasteiger partial charge in [0.05, 0.1) is 27.0 Å². The number of benzene rings is 1. The first-order chi connectivity index (χ1) is 10.7. The lowest BCUT2D eigenvalue weighted by Gasteiger charge is -2.13. The lowest BCUT2D eigenvalue weighted by molar-refractivity contribution is 0.324. The van der Waals surface area contributed by atoms with Crippen molar-refractivity contribution in [2.24, 2.45) is 11.5 Å². The highest BCUT2D eigenvalue weighted by Crippen LogP contribution is 2.37. The van der Waals surface area contributed by atoms with E-state index >= 15 is 0 Å². The molecule has 0 atom stereocenters. The molecule has 4 N–H and O–H groups in total. The molecule has 1 aromatic carbocycles. The van der Waals surface area contributed by atoms with Gasteiger partial charge in [-0.3, -0.25) is 4.98 Å². The van der Waals surface area contributed by atoms with Crippen LogP contribution in [0.5, 0.6) is 17.2 Å². The molecule has 2 aromatic rings. The van der Waals surface area contributed by atoms with Crippen molar-refractivity contribution in [1.29, 1.82) is 0 Å². The Kier molecular flexibility index (Phi) is 7.74. The minimum atomic E-state index is 0.441. The van der Waals surface area contributed by atoms with Crippen LogP contribution in [-0.4, -0.2) is 26.3 Å². The summed E-state index contributed by atoms with van der Waals surface area (Å²) in [7, 11) is 4.73. The van der Waals surface area contributed by atoms with Crippen molar-refractivity contribution < 1.29 is 14.2 Å². The summed E-state index contributed by atoms with van der Waals surface area (Å²) >= 11 is 0. The van der Waals surface area contributed by atoms with Crippen molar-refractivity contribution >= 4 is 0 Å². The summed E-state index contributed by atoms with van der Waals surface area (Å²) in [5.41, 5.74) is 12.7. The Morgan fingerprint density at radius 3 is 1.86 bits per heavy atom. The quantitative estimate of drug-likeness (QED) is 0.873. The summed E-state index contributed by atoms with van der Waals surface area (Å²) in [4.78, 5) is 3.97. The van der Waals surface area contributed by atoms with Crippen LogP contribution in [0.2, 0.25) is 0 Å². The van der Waals surface area contributed by atoms with Crippen molar-refractivity contribution in [3.05, 3.63) is 47.8 Å². The third kappa shape index (κ3) is 4.91. The molecular formula is C16H23N3O3. The van der Waals surface area contributed by atoms with Crippen molar-refractivity contribution in [1.82, 2.24) is 4.98 Å². The van der Waals surface area contributed by atoms with Crippen LogP contribution in [0.15, 0.2) is 36.5 Å². The number of nitrogens with two attached hydrogens (primary N) is 2. The molecule has 0 spiro atoms. The highest BCUT2D eigenvalue weighted by atomic mass is 16.5. The van der Waals surface area contributed by atoms with Crippen molar-refractivity contribution in [3.63, 3.8) is 0 Å². The van der Waals surface area contributed by atoms with Crippen LogP contribution >= 0.6 is 0 Å². The summed E-state index contributed by atoms with van der Waals surface area (Å²) in [6, 6.07) is 9.37. The molecule has 1 aromatic heterocycles. The normalized spacial score (nSPS) is 9.50. The summed E-state index contributed by atoms with van der Waals surface area (Å²) in [6.07, 6.45) is 1.74. The third-order valence-corrected chi connectivity index (χ3v) is 2.90. The van der Waals surface area contributed by atoms with E-state index in [4.69, 9.17) is 25.7 Å². The van der Waals surface area contributed by atoms with E-state index < -0.39 is 0 Å². The Hall–Kier alpha value is -2.31. The second kappa shape index (κ2) is 9.59. The van der Waals surface area contributed by atoms with E-state index in [1.54, 1.807) is 27.5 Å². The zero-order valence-corrected chi connectivity index (χ0v) is 13.2. The maximum absolute atomic E-state index is 5.54. The zero-order chi connectivity index (χ0) is 16.4. The molecule has 0 bridgehead atoms. The molecule has 2 rings (SSSR count). The molecule has 0 saturated heterocycles. The first-order valence-corrected chi connectivity index (χ1v) is 6.79. The highest BCUT2D eigenvalue weighted by Gasteiger charge is 2.11. The van der Waals surface area contributed by atoms with Gasteiger partial charge in [-0.15, -0.1) is 0 Å². The van der Waals surface area contributed by atoms with Crippen LogP contribution in [0.25, 0.3) is 0 Å². The van der Waals surface area contributed by atoms with Crippen LogP contribution in [0.3, 0.4) is 0 Å². The van der Waals surface area contributed by atoms with E-state index in [9.17, 15) is 0 Å². The molecule has 6 nitrogen and oxygen atoms in total. The van der Waals surface area contributed by atoms with Crippen LogP contribution in [0, 0.1) is 0 Å². The lowest BCUT2D eigenvalue weighted by Crippen LogP contribution is -2.00. The topological polar surface area (TPSA) is 92.6 Å². The van der Waals surface area contributed by atoms with Gasteiger partial charge in [-0.1, -0.05) is 6.07 Å². The van der Waals surface area contributed by atoms with Gasteiger partial charge in [0.1, 0.15) is 0 Å². The predicted octanol–water partition coefficient (Wildman–Crippen LogP) is 1.71. The van der Waals surface area contributed by atoms with Gasteiger partial charge in [-0.2, -0.15) is 0 Å². The predicted molar refractivity (Wildman–Crippen MR) is 86.1 cm³/mol. The summed E-state index contributed by atoms with van der Waals surface area (Å²) in [6.45, 7) is 0.970. The number of hydrogen-bond acceptors (Lipinski definition) is 6. The van der Waals surface area contributed by atoms with E-state index in [1.165, 1.54) is 0 Å². The van der Waals surface area contributed by atoms with E-state index in [-0.39, 0.29) is 0 Å². The van der Waals surface area contributed by atoms with Gasteiger partial charge in [0.2, 0.25) is 5.75 Å². The fraction of sp³-hybridized carbons (Fsp3) is 0.312. The second-order valence-corrected chi connectivity index (χ2v) is 4.26. The third-order valence-electron chi connectivity index (χ3n) is 2.90. The van der Waals surface area contributed by atoms with Gasteiger partial charge in [-0.05, 0) is 29.8 Å². The lowest BCUT2D eigenvalue weighted by atomic mass is 10.2. The number of hydrogen-bond donors (Lipinski definition) is 2. The fourth-order valence-electron chi connectivity index (χ4n) is 1.77. The first kappa shape index (κ1) is 17.7. The van der Waals surface area contributed by atoms with Gasteiger partial charge in [-0.25, -0.2) is 0 Å². The molecule has 22 heavy (non-hydrogen) atoms. The Labute approximate surface area is 131 Å². The van der Waals surface area contributed by atoms with Crippen LogP contribution in [0.4, 0.5) is 0 Å². The highest BCUT2D eigenvalue weighted by molar-refractivity contribution is 5.53. The first-order valence-electron chi connectivity index (χ1n) is 6.79. The number of methoxy groups -OCH3 is 3. The van der Waals surface area contributed by atoms with Crippen LogP contribution in [-0.2, 0) is 13.1 Å². The molecule has 0 aliphatic heterocycles. The van der Waals surface area contributed by atoms with Crippen LogP contribution in [0.1, 0.15) is 11.3 Å². The maximum Gasteiger partial charge on any atom is 0.203 e. The Balaban J connectivity index is 0.000000255.